The molecule has 1 aliphatic carbocycles. The largest absolute Gasteiger partial charge is 0.483 e. The molecular formula is C34H46N6O8. The standard InChI is InChI=1S/C34H46N6O8/c1-2-3-20-47-34(46)39-17-15-38(16-18-39)33(45)26(13-19-41)37-31(43)27-21-29(24-10-4-5-11-25(24)36-27)48-22-30(42)40-14-7-12-28(40)32(44)35-23-8-6-9-23/h4-5,10-11,21,23,26,28,41H,2-3,6-9,12-20,22H2,1H3,(H,35,44)(H,37,43). The number of aromatic nitrogens is 1. The number of hydrogen-bond acceptors (Lipinski definition) is 9. The number of aliphatic hydroxyl groups excluding tert-OH is 1. The number of piperazine rings is 1. The molecule has 0 bridgehead atoms. The Labute approximate surface area is 280 Å². The molecule has 3 aliphatic rings. The van der Waals surface area contributed by atoms with Crippen LogP contribution in [-0.2, 0) is 19.1 Å². The quantitative estimate of drug-likeness (QED) is 0.270. The number of nitrogens with zero attached hydrogens (tertiary/aromatic N) is 4. The summed E-state index contributed by atoms with van der Waals surface area (Å²) in [5, 5.41) is 16.1. The SMILES string of the molecule is CCCCOC(=O)N1CCN(C(=O)C(CCO)NC(=O)c2cc(OCC(=O)N3CCCC3C(=O)NC3CCC3)c3ccccc3n2)CC1. The Morgan fingerprint density at radius 3 is 2.46 bits per heavy atom. The van der Waals surface area contributed by atoms with E-state index in [1.54, 1.807) is 39.0 Å². The van der Waals surface area contributed by atoms with Gasteiger partial charge >= 0.3 is 6.09 Å². The van der Waals surface area contributed by atoms with Crippen LogP contribution in [0.3, 0.4) is 0 Å². The van der Waals surface area contributed by atoms with Crippen LogP contribution in [0.4, 0.5) is 4.79 Å². The Hall–Kier alpha value is -4.46. The number of likely N-dealkylation sites (tertiary alicyclic amines) is 1. The van der Waals surface area contributed by atoms with Crippen molar-refractivity contribution in [2.75, 3.05) is 52.5 Å². The molecule has 260 valence electrons. The normalized spacial score (nSPS) is 18.6. The molecule has 2 unspecified atom stereocenters. The van der Waals surface area contributed by atoms with Crippen LogP contribution in [0.1, 0.15) is 68.8 Å². The van der Waals surface area contributed by atoms with Crippen LogP contribution in [0.25, 0.3) is 10.9 Å². The lowest BCUT2D eigenvalue weighted by atomic mass is 9.93. The highest BCUT2D eigenvalue weighted by Gasteiger charge is 2.36. The van der Waals surface area contributed by atoms with Crippen LogP contribution in [0.5, 0.6) is 5.75 Å². The number of benzene rings is 1. The van der Waals surface area contributed by atoms with Crippen molar-refractivity contribution in [2.24, 2.45) is 0 Å². The second-order valence-electron chi connectivity index (χ2n) is 12.5. The summed E-state index contributed by atoms with van der Waals surface area (Å²) in [5.41, 5.74) is 0.434. The van der Waals surface area contributed by atoms with E-state index in [0.29, 0.717) is 43.6 Å². The average Bonchev–Trinajstić information content (AvgIpc) is 3.58. The third-order valence-corrected chi connectivity index (χ3v) is 9.18. The Balaban J connectivity index is 1.22. The molecule has 48 heavy (non-hydrogen) atoms. The second-order valence-corrected chi connectivity index (χ2v) is 12.5. The average molecular weight is 667 g/mol. The van der Waals surface area contributed by atoms with E-state index >= 15 is 0 Å². The summed E-state index contributed by atoms with van der Waals surface area (Å²) in [6.07, 6.45) is 5.62. The van der Waals surface area contributed by atoms with Crippen LogP contribution in [0, 0.1) is 0 Å². The van der Waals surface area contributed by atoms with E-state index in [-0.39, 0.29) is 67.9 Å². The number of amides is 5. The lowest BCUT2D eigenvalue weighted by Crippen LogP contribution is -2.56. The smallest absolute Gasteiger partial charge is 0.409 e. The summed E-state index contributed by atoms with van der Waals surface area (Å²) in [5.74, 6) is -1.20. The van der Waals surface area contributed by atoms with Crippen LogP contribution in [0.15, 0.2) is 30.3 Å². The van der Waals surface area contributed by atoms with Crippen LogP contribution in [0.2, 0.25) is 0 Å². The van der Waals surface area contributed by atoms with E-state index in [1.165, 1.54) is 6.07 Å². The monoisotopic (exact) mass is 666 g/mol. The van der Waals surface area contributed by atoms with Crippen molar-refractivity contribution in [1.82, 2.24) is 30.3 Å². The van der Waals surface area contributed by atoms with Gasteiger partial charge in [-0.25, -0.2) is 9.78 Å². The summed E-state index contributed by atoms with van der Waals surface area (Å²) in [7, 11) is 0. The number of unbranched alkanes of at least 4 members (excludes halogenated alkanes) is 1. The predicted molar refractivity (Wildman–Crippen MR) is 175 cm³/mol. The van der Waals surface area contributed by atoms with Crippen molar-refractivity contribution in [3.05, 3.63) is 36.0 Å². The van der Waals surface area contributed by atoms with E-state index < -0.39 is 24.1 Å². The molecule has 3 fully saturated rings. The summed E-state index contributed by atoms with van der Waals surface area (Å²) in [6, 6.07) is 7.10. The lowest BCUT2D eigenvalue weighted by molar-refractivity contribution is -0.140. The Morgan fingerprint density at radius 1 is 1.00 bits per heavy atom. The first kappa shape index (κ1) is 34.9. The number of nitrogens with one attached hydrogen (secondary N) is 2. The summed E-state index contributed by atoms with van der Waals surface area (Å²) < 4.78 is 11.3. The molecule has 0 radical (unpaired) electrons. The number of carbonyl (C=O) groups excluding carboxylic acids is 5. The highest BCUT2D eigenvalue weighted by Crippen LogP contribution is 2.27. The molecule has 3 N–H and O–H groups in total. The molecule has 2 atom stereocenters. The van der Waals surface area contributed by atoms with E-state index in [0.717, 1.165) is 38.5 Å². The highest BCUT2D eigenvalue weighted by molar-refractivity contribution is 5.99. The molecule has 14 heteroatoms. The zero-order chi connectivity index (χ0) is 34.0. The van der Waals surface area contributed by atoms with Crippen molar-refractivity contribution in [2.45, 2.75) is 76.4 Å². The number of rotatable bonds is 13. The molecule has 2 saturated heterocycles. The van der Waals surface area contributed by atoms with Gasteiger partial charge in [0, 0.05) is 56.8 Å². The maximum atomic E-state index is 13.5. The van der Waals surface area contributed by atoms with Gasteiger partial charge in [0.1, 0.15) is 23.5 Å². The van der Waals surface area contributed by atoms with E-state index in [1.807, 2.05) is 6.92 Å². The van der Waals surface area contributed by atoms with Crippen molar-refractivity contribution in [3.63, 3.8) is 0 Å². The fraction of sp³-hybridized carbons (Fsp3) is 0.588. The maximum Gasteiger partial charge on any atom is 0.409 e. The Kier molecular flexibility index (Phi) is 12.0. The minimum Gasteiger partial charge on any atom is -0.483 e. The maximum absolute atomic E-state index is 13.5. The molecule has 1 saturated carbocycles. The number of pyridine rings is 1. The van der Waals surface area contributed by atoms with Gasteiger partial charge in [-0.15, -0.1) is 0 Å². The van der Waals surface area contributed by atoms with Gasteiger partial charge < -0.3 is 39.9 Å². The first-order chi connectivity index (χ1) is 23.3. The Morgan fingerprint density at radius 2 is 1.75 bits per heavy atom. The minimum atomic E-state index is -1.03. The van der Waals surface area contributed by atoms with Crippen LogP contribution < -0.4 is 15.4 Å². The van der Waals surface area contributed by atoms with Gasteiger partial charge in [0.15, 0.2) is 6.61 Å². The zero-order valence-electron chi connectivity index (χ0n) is 27.5. The van der Waals surface area contributed by atoms with Gasteiger partial charge in [-0.05, 0) is 57.1 Å². The molecule has 1 aromatic carbocycles. The summed E-state index contributed by atoms with van der Waals surface area (Å²) >= 11 is 0. The molecule has 3 heterocycles. The van der Waals surface area contributed by atoms with Gasteiger partial charge in [-0.3, -0.25) is 19.2 Å². The van der Waals surface area contributed by atoms with Gasteiger partial charge in [-0.1, -0.05) is 25.5 Å². The van der Waals surface area contributed by atoms with Crippen LogP contribution in [-0.4, -0.2) is 125 Å². The molecule has 1 aromatic heterocycles. The first-order valence-corrected chi connectivity index (χ1v) is 17.0. The molecule has 5 amide bonds. The van der Waals surface area contributed by atoms with Crippen molar-refractivity contribution < 1.29 is 38.6 Å². The first-order valence-electron chi connectivity index (χ1n) is 17.0. The van der Waals surface area contributed by atoms with Crippen molar-refractivity contribution in [3.8, 4) is 5.75 Å². The summed E-state index contributed by atoms with van der Waals surface area (Å²) in [4.78, 5) is 74.5. The van der Waals surface area contributed by atoms with Gasteiger partial charge in [0.25, 0.3) is 11.8 Å². The van der Waals surface area contributed by atoms with Crippen molar-refractivity contribution >= 4 is 40.6 Å². The van der Waals surface area contributed by atoms with Gasteiger partial charge in [0.2, 0.25) is 11.8 Å². The molecular weight excluding hydrogens is 620 g/mol. The molecule has 0 spiro atoms. The predicted octanol–water partition coefficient (Wildman–Crippen LogP) is 1.84. The fourth-order valence-electron chi connectivity index (χ4n) is 6.13. The fourth-order valence-corrected chi connectivity index (χ4v) is 6.13. The topological polar surface area (TPSA) is 171 Å². The molecule has 2 aliphatic heterocycles. The summed E-state index contributed by atoms with van der Waals surface area (Å²) in [6.45, 7) is 3.29. The number of fused-ring (bicyclic) bond motifs is 1. The third kappa shape index (κ3) is 8.52. The lowest BCUT2D eigenvalue weighted by Gasteiger charge is -2.36. The van der Waals surface area contributed by atoms with Crippen molar-refractivity contribution in [1.29, 1.82) is 0 Å². The third-order valence-electron chi connectivity index (χ3n) is 9.18. The number of ether oxygens (including phenoxy) is 2. The number of para-hydroxylation sites is 1. The number of hydrogen-bond donors (Lipinski definition) is 3. The van der Waals surface area contributed by atoms with Gasteiger partial charge in [0.05, 0.1) is 12.1 Å². The minimum absolute atomic E-state index is 0.0133. The highest BCUT2D eigenvalue weighted by atomic mass is 16.6. The molecule has 2 aromatic rings. The number of carbonyl (C=O) groups is 5. The zero-order valence-corrected chi connectivity index (χ0v) is 27.5. The Bertz CT molecular complexity index is 1470. The van der Waals surface area contributed by atoms with Crippen LogP contribution >= 0.6 is 0 Å². The van der Waals surface area contributed by atoms with E-state index in [9.17, 15) is 29.1 Å². The van der Waals surface area contributed by atoms with E-state index in [2.05, 4.69) is 15.6 Å². The molecule has 5 rings (SSSR count). The van der Waals surface area contributed by atoms with E-state index in [4.69, 9.17) is 9.47 Å². The molecule has 14 nitrogen and oxygen atoms in total. The van der Waals surface area contributed by atoms with Gasteiger partial charge in [-0.2, -0.15) is 0 Å². The second kappa shape index (κ2) is 16.6. The number of aliphatic hydroxyl groups is 1.